The first-order valence-corrected chi connectivity index (χ1v) is 16.9. The quantitative estimate of drug-likeness (QED) is 0.173. The molecule has 10 rings (SSSR count). The van der Waals surface area contributed by atoms with E-state index in [0.29, 0.717) is 11.8 Å². The zero-order chi connectivity index (χ0) is 33.0. The molecule has 5 aromatic carbocycles. The van der Waals surface area contributed by atoms with E-state index >= 15 is 0 Å². The van der Waals surface area contributed by atoms with Crippen LogP contribution in [0.15, 0.2) is 155 Å². The SMILES string of the molecule is c1ccc2oc(-c3ccc(N(c4ccc(-c5ccc6c(n5)sc5cncnc56)cc4)c4ccc(-c5nc6ccccc6o5)cc4)cc3)nc2c1. The molecule has 0 amide bonds. The maximum atomic E-state index is 6.05. The van der Waals surface area contributed by atoms with Gasteiger partial charge in [0.15, 0.2) is 11.2 Å². The molecule has 0 fully saturated rings. The van der Waals surface area contributed by atoms with Crippen molar-refractivity contribution in [3.63, 3.8) is 0 Å². The van der Waals surface area contributed by atoms with E-state index < -0.39 is 0 Å². The van der Waals surface area contributed by atoms with Crippen molar-refractivity contribution in [1.82, 2.24) is 24.9 Å². The Hall–Kier alpha value is -6.71. The van der Waals surface area contributed by atoms with Crippen LogP contribution in [-0.4, -0.2) is 24.9 Å². The Morgan fingerprint density at radius 1 is 0.520 bits per heavy atom. The van der Waals surface area contributed by atoms with Crippen molar-refractivity contribution < 1.29 is 8.83 Å². The first-order valence-electron chi connectivity index (χ1n) is 16.1. The van der Waals surface area contributed by atoms with E-state index in [1.807, 2.05) is 79.0 Å². The lowest BCUT2D eigenvalue weighted by atomic mass is 10.1. The van der Waals surface area contributed by atoms with Crippen molar-refractivity contribution in [2.45, 2.75) is 0 Å². The Kier molecular flexibility index (Phi) is 6.49. The van der Waals surface area contributed by atoms with Gasteiger partial charge >= 0.3 is 0 Å². The molecule has 0 atom stereocenters. The molecule has 0 unspecified atom stereocenters. The maximum Gasteiger partial charge on any atom is 0.227 e. The van der Waals surface area contributed by atoms with E-state index in [0.717, 1.165) is 82.1 Å². The summed E-state index contributed by atoms with van der Waals surface area (Å²) in [6.45, 7) is 0. The minimum atomic E-state index is 0.589. The lowest BCUT2D eigenvalue weighted by molar-refractivity contribution is 0.619. The summed E-state index contributed by atoms with van der Waals surface area (Å²) in [7, 11) is 0. The van der Waals surface area contributed by atoms with Gasteiger partial charge in [0, 0.05) is 45.3 Å². The molecule has 8 nitrogen and oxygen atoms in total. The fourth-order valence-electron chi connectivity index (χ4n) is 6.28. The standard InChI is InChI=1S/C41H24N6O2S/c1-3-7-35-33(5-1)44-39(48-35)26-11-17-29(18-12-26)47(30-19-13-27(14-20-30)40-45-34-6-2-4-8-36(34)49-40)28-15-9-25(10-16-28)32-22-21-31-38-37(23-42-24-43-38)50-41(31)46-32/h1-24H. The van der Waals surface area contributed by atoms with Crippen molar-refractivity contribution in [2.24, 2.45) is 0 Å². The maximum absolute atomic E-state index is 6.05. The first-order chi connectivity index (χ1) is 24.7. The number of fused-ring (bicyclic) bond motifs is 5. The number of para-hydroxylation sites is 4. The molecule has 5 aromatic heterocycles. The summed E-state index contributed by atoms with van der Waals surface area (Å²) in [4.78, 5) is 26.2. The van der Waals surface area contributed by atoms with Crippen molar-refractivity contribution >= 4 is 71.0 Å². The van der Waals surface area contributed by atoms with Gasteiger partial charge in [-0.3, -0.25) is 0 Å². The molecular weight excluding hydrogens is 641 g/mol. The van der Waals surface area contributed by atoms with Crippen LogP contribution in [0.2, 0.25) is 0 Å². The first kappa shape index (κ1) is 28.3. The summed E-state index contributed by atoms with van der Waals surface area (Å²) in [5.41, 5.74) is 10.8. The fourth-order valence-corrected chi connectivity index (χ4v) is 7.28. The normalized spacial score (nSPS) is 11.6. The second-order valence-electron chi connectivity index (χ2n) is 11.8. The van der Waals surface area contributed by atoms with Crippen molar-refractivity contribution in [2.75, 3.05) is 4.90 Å². The van der Waals surface area contributed by atoms with Gasteiger partial charge in [-0.2, -0.15) is 0 Å². The van der Waals surface area contributed by atoms with Gasteiger partial charge in [-0.05, 0) is 97.1 Å². The lowest BCUT2D eigenvalue weighted by Gasteiger charge is -2.26. The second kappa shape index (κ2) is 11.5. The Balaban J connectivity index is 1.02. The molecule has 0 N–H and O–H groups in total. The van der Waals surface area contributed by atoms with Crippen molar-refractivity contribution in [3.8, 4) is 34.2 Å². The minimum absolute atomic E-state index is 0.589. The molecule has 0 bridgehead atoms. The minimum Gasteiger partial charge on any atom is -0.436 e. The predicted octanol–water partition coefficient (Wildman–Crippen LogP) is 11.0. The number of benzene rings is 5. The largest absolute Gasteiger partial charge is 0.436 e. The highest BCUT2D eigenvalue weighted by atomic mass is 32.1. The van der Waals surface area contributed by atoms with Gasteiger partial charge in [0.2, 0.25) is 11.8 Å². The van der Waals surface area contributed by atoms with Crippen molar-refractivity contribution in [1.29, 1.82) is 0 Å². The number of anilines is 3. The van der Waals surface area contributed by atoms with Crippen LogP contribution < -0.4 is 4.90 Å². The molecule has 0 radical (unpaired) electrons. The summed E-state index contributed by atoms with van der Waals surface area (Å²) in [6, 6.07) is 44.8. The number of aromatic nitrogens is 5. The average molecular weight is 665 g/mol. The highest BCUT2D eigenvalue weighted by molar-refractivity contribution is 7.25. The van der Waals surface area contributed by atoms with Gasteiger partial charge in [0.25, 0.3) is 0 Å². The summed E-state index contributed by atoms with van der Waals surface area (Å²) in [5, 5.41) is 1.04. The van der Waals surface area contributed by atoms with E-state index in [1.54, 1.807) is 17.7 Å². The van der Waals surface area contributed by atoms with Crippen molar-refractivity contribution in [3.05, 3.63) is 146 Å². The van der Waals surface area contributed by atoms with Gasteiger partial charge in [-0.15, -0.1) is 11.3 Å². The zero-order valence-corrected chi connectivity index (χ0v) is 27.1. The molecule has 0 saturated heterocycles. The molecule has 10 aromatic rings. The van der Waals surface area contributed by atoms with E-state index in [4.69, 9.17) is 23.8 Å². The highest BCUT2D eigenvalue weighted by Crippen LogP contribution is 2.39. The molecule has 9 heteroatoms. The smallest absolute Gasteiger partial charge is 0.227 e. The van der Waals surface area contributed by atoms with Gasteiger partial charge in [0.1, 0.15) is 22.2 Å². The Labute approximate surface area is 289 Å². The predicted molar refractivity (Wildman–Crippen MR) is 199 cm³/mol. The van der Waals surface area contributed by atoms with E-state index in [1.165, 1.54) is 0 Å². The van der Waals surface area contributed by atoms with Gasteiger partial charge in [-0.1, -0.05) is 36.4 Å². The lowest BCUT2D eigenvalue weighted by Crippen LogP contribution is -2.09. The number of oxazole rings is 2. The Morgan fingerprint density at radius 3 is 1.62 bits per heavy atom. The second-order valence-corrected chi connectivity index (χ2v) is 12.9. The summed E-state index contributed by atoms with van der Waals surface area (Å²) in [6.07, 6.45) is 3.43. The summed E-state index contributed by atoms with van der Waals surface area (Å²) < 4.78 is 13.1. The van der Waals surface area contributed by atoms with Crippen LogP contribution in [0.25, 0.3) is 76.8 Å². The van der Waals surface area contributed by atoms with Gasteiger partial charge in [0.05, 0.1) is 15.9 Å². The van der Waals surface area contributed by atoms with Crippen LogP contribution in [0.5, 0.6) is 0 Å². The van der Waals surface area contributed by atoms with E-state index in [2.05, 4.69) is 75.5 Å². The third kappa shape index (κ3) is 4.87. The number of pyridine rings is 1. The highest BCUT2D eigenvalue weighted by Gasteiger charge is 2.17. The molecule has 0 aliphatic rings. The molecular formula is C41H24N6O2S. The number of hydrogen-bond donors (Lipinski definition) is 0. The molecule has 0 aliphatic heterocycles. The van der Waals surface area contributed by atoms with E-state index in [-0.39, 0.29) is 0 Å². The summed E-state index contributed by atoms with van der Waals surface area (Å²) >= 11 is 1.61. The van der Waals surface area contributed by atoms with Crippen LogP contribution in [-0.2, 0) is 0 Å². The molecule has 50 heavy (non-hydrogen) atoms. The number of nitrogens with zero attached hydrogens (tertiary/aromatic N) is 6. The van der Waals surface area contributed by atoms with Crippen LogP contribution in [0.1, 0.15) is 0 Å². The third-order valence-electron chi connectivity index (χ3n) is 8.75. The molecule has 0 aliphatic carbocycles. The Bertz CT molecular complexity index is 2640. The number of hydrogen-bond acceptors (Lipinski definition) is 9. The average Bonchev–Trinajstić information content (AvgIpc) is 3.91. The monoisotopic (exact) mass is 664 g/mol. The molecule has 0 spiro atoms. The topological polar surface area (TPSA) is 94.0 Å². The van der Waals surface area contributed by atoms with Crippen LogP contribution in [0.4, 0.5) is 17.1 Å². The third-order valence-corrected chi connectivity index (χ3v) is 9.78. The van der Waals surface area contributed by atoms with Crippen LogP contribution >= 0.6 is 11.3 Å². The summed E-state index contributed by atoms with van der Waals surface area (Å²) in [5.74, 6) is 1.18. The van der Waals surface area contributed by atoms with E-state index in [9.17, 15) is 0 Å². The Morgan fingerprint density at radius 2 is 1.06 bits per heavy atom. The zero-order valence-electron chi connectivity index (χ0n) is 26.3. The molecule has 5 heterocycles. The molecule has 236 valence electrons. The number of rotatable bonds is 6. The molecule has 0 saturated carbocycles. The van der Waals surface area contributed by atoms with Gasteiger partial charge < -0.3 is 13.7 Å². The fraction of sp³-hybridized carbons (Fsp3) is 0. The number of thiophene rings is 1. The van der Waals surface area contributed by atoms with Crippen LogP contribution in [0.3, 0.4) is 0 Å². The van der Waals surface area contributed by atoms with Gasteiger partial charge in [-0.25, -0.2) is 24.9 Å². The van der Waals surface area contributed by atoms with Crippen LogP contribution in [0, 0.1) is 0 Å².